The van der Waals surface area contributed by atoms with Gasteiger partial charge in [-0.15, -0.1) is 11.3 Å². The largest absolute Gasteiger partial charge is 0.353 e. The van der Waals surface area contributed by atoms with Crippen molar-refractivity contribution in [1.29, 1.82) is 0 Å². The summed E-state index contributed by atoms with van der Waals surface area (Å²) < 4.78 is 0. The number of hydrogen-bond donors (Lipinski definition) is 3. The molecule has 3 N–H and O–H groups in total. The lowest BCUT2D eigenvalue weighted by Gasteiger charge is -2.22. The zero-order valence-corrected chi connectivity index (χ0v) is 13.8. The van der Waals surface area contributed by atoms with Crippen LogP contribution in [0.3, 0.4) is 0 Å². The van der Waals surface area contributed by atoms with Crippen LogP contribution in [0, 0.1) is 6.92 Å². The third kappa shape index (κ3) is 6.01. The Morgan fingerprint density at radius 3 is 2.73 bits per heavy atom. The minimum atomic E-state index is -0.253. The molecule has 0 spiro atoms. The minimum Gasteiger partial charge on any atom is -0.353 e. The molecule has 0 aromatic carbocycles. The van der Waals surface area contributed by atoms with Crippen molar-refractivity contribution >= 4 is 23.3 Å². The van der Waals surface area contributed by atoms with E-state index in [0.717, 1.165) is 22.7 Å². The van der Waals surface area contributed by atoms with Crippen molar-refractivity contribution < 1.29 is 9.59 Å². The smallest absolute Gasteiger partial charge is 0.315 e. The van der Waals surface area contributed by atoms with Crippen molar-refractivity contribution in [2.24, 2.45) is 0 Å². The standard InChI is InChI=1S/C15H24N4O2S/c1-11-17-9-13(22-11)10-18-15(21)16-8-7-14(20)19-12-5-3-2-4-6-12/h9,12H,2-8,10H2,1H3,(H,19,20)(H2,16,18,21). The highest BCUT2D eigenvalue weighted by Gasteiger charge is 2.15. The molecule has 0 aliphatic heterocycles. The third-order valence-electron chi connectivity index (χ3n) is 3.70. The van der Waals surface area contributed by atoms with Crippen LogP contribution in [0.1, 0.15) is 48.4 Å². The highest BCUT2D eigenvalue weighted by molar-refractivity contribution is 7.11. The number of nitrogens with zero attached hydrogens (tertiary/aromatic N) is 1. The molecule has 0 unspecified atom stereocenters. The van der Waals surface area contributed by atoms with E-state index >= 15 is 0 Å². The Bertz CT molecular complexity index is 497. The molecular weight excluding hydrogens is 300 g/mol. The maximum absolute atomic E-state index is 11.8. The minimum absolute atomic E-state index is 0.0188. The monoisotopic (exact) mass is 324 g/mol. The predicted molar refractivity (Wildman–Crippen MR) is 86.7 cm³/mol. The third-order valence-corrected chi connectivity index (χ3v) is 4.61. The van der Waals surface area contributed by atoms with Crippen LogP contribution in [0.2, 0.25) is 0 Å². The molecule has 6 nitrogen and oxygen atoms in total. The summed E-state index contributed by atoms with van der Waals surface area (Å²) >= 11 is 1.56. The van der Waals surface area contributed by atoms with Crippen molar-refractivity contribution in [3.05, 3.63) is 16.1 Å². The van der Waals surface area contributed by atoms with E-state index in [1.165, 1.54) is 19.3 Å². The summed E-state index contributed by atoms with van der Waals surface area (Å²) in [5, 5.41) is 9.48. The lowest BCUT2D eigenvalue weighted by Crippen LogP contribution is -2.40. The molecule has 3 amide bonds. The molecule has 0 radical (unpaired) electrons. The Labute approximate surface area is 135 Å². The summed E-state index contributed by atoms with van der Waals surface area (Å²) in [6.45, 7) is 2.75. The van der Waals surface area contributed by atoms with Gasteiger partial charge in [0.1, 0.15) is 0 Å². The van der Waals surface area contributed by atoms with Gasteiger partial charge in [0, 0.05) is 30.1 Å². The Balaban J connectivity index is 1.55. The van der Waals surface area contributed by atoms with E-state index in [-0.39, 0.29) is 11.9 Å². The second-order valence-corrected chi connectivity index (χ2v) is 6.93. The van der Waals surface area contributed by atoms with Crippen molar-refractivity contribution in [3.63, 3.8) is 0 Å². The van der Waals surface area contributed by atoms with Crippen LogP contribution >= 0.6 is 11.3 Å². The van der Waals surface area contributed by atoms with Crippen LogP contribution in [0.15, 0.2) is 6.20 Å². The molecule has 7 heteroatoms. The lowest BCUT2D eigenvalue weighted by atomic mass is 9.95. The first kappa shape index (κ1) is 16.7. The zero-order valence-electron chi connectivity index (χ0n) is 13.0. The van der Waals surface area contributed by atoms with Gasteiger partial charge in [-0.1, -0.05) is 19.3 Å². The Hall–Kier alpha value is -1.63. The lowest BCUT2D eigenvalue weighted by molar-refractivity contribution is -0.121. The van der Waals surface area contributed by atoms with Gasteiger partial charge in [-0.05, 0) is 19.8 Å². The molecule has 1 aromatic rings. The van der Waals surface area contributed by atoms with Crippen LogP contribution in [-0.4, -0.2) is 29.5 Å². The topological polar surface area (TPSA) is 83.1 Å². The number of nitrogens with one attached hydrogen (secondary N) is 3. The van der Waals surface area contributed by atoms with Crippen LogP contribution in [0.5, 0.6) is 0 Å². The zero-order chi connectivity index (χ0) is 15.8. The average molecular weight is 324 g/mol. The van der Waals surface area contributed by atoms with Gasteiger partial charge in [0.15, 0.2) is 0 Å². The van der Waals surface area contributed by atoms with E-state index in [1.54, 1.807) is 17.5 Å². The number of carbonyl (C=O) groups is 2. The molecule has 1 aromatic heterocycles. The van der Waals surface area contributed by atoms with Gasteiger partial charge < -0.3 is 16.0 Å². The molecule has 1 aliphatic rings. The highest BCUT2D eigenvalue weighted by Crippen LogP contribution is 2.17. The fourth-order valence-electron chi connectivity index (χ4n) is 2.55. The first-order valence-electron chi connectivity index (χ1n) is 7.86. The van der Waals surface area contributed by atoms with Crippen LogP contribution in [0.25, 0.3) is 0 Å². The normalized spacial score (nSPS) is 15.3. The summed E-state index contributed by atoms with van der Waals surface area (Å²) in [4.78, 5) is 28.6. The number of thiazole rings is 1. The van der Waals surface area contributed by atoms with Gasteiger partial charge in [0.2, 0.25) is 5.91 Å². The molecule has 1 saturated carbocycles. The molecule has 1 aliphatic carbocycles. The van der Waals surface area contributed by atoms with Crippen LogP contribution < -0.4 is 16.0 Å². The Morgan fingerprint density at radius 2 is 2.05 bits per heavy atom. The molecule has 0 saturated heterocycles. The van der Waals surface area contributed by atoms with Crippen molar-refractivity contribution in [2.45, 2.75) is 58.0 Å². The number of aryl methyl sites for hydroxylation is 1. The van der Waals surface area contributed by atoms with Crippen LogP contribution in [-0.2, 0) is 11.3 Å². The molecule has 2 rings (SSSR count). The van der Waals surface area contributed by atoms with Gasteiger partial charge in [0.25, 0.3) is 0 Å². The fraction of sp³-hybridized carbons (Fsp3) is 0.667. The van der Waals surface area contributed by atoms with E-state index in [4.69, 9.17) is 0 Å². The SMILES string of the molecule is Cc1ncc(CNC(=O)NCCC(=O)NC2CCCCC2)s1. The maximum atomic E-state index is 11.8. The van der Waals surface area contributed by atoms with Gasteiger partial charge in [0.05, 0.1) is 11.6 Å². The van der Waals surface area contributed by atoms with Crippen LogP contribution in [0.4, 0.5) is 4.79 Å². The second kappa shape index (κ2) is 8.73. The van der Waals surface area contributed by atoms with E-state index in [2.05, 4.69) is 20.9 Å². The van der Waals surface area contributed by atoms with E-state index in [9.17, 15) is 9.59 Å². The van der Waals surface area contributed by atoms with Gasteiger partial charge >= 0.3 is 6.03 Å². The molecular formula is C15H24N4O2S. The van der Waals surface area contributed by atoms with Gasteiger partial charge in [-0.25, -0.2) is 9.78 Å². The Morgan fingerprint density at radius 1 is 1.27 bits per heavy atom. The second-order valence-electron chi connectivity index (χ2n) is 5.61. The number of aromatic nitrogens is 1. The Kier molecular flexibility index (Phi) is 6.64. The molecule has 22 heavy (non-hydrogen) atoms. The van der Waals surface area contributed by atoms with Gasteiger partial charge in [-0.3, -0.25) is 4.79 Å². The summed E-state index contributed by atoms with van der Waals surface area (Å²) in [5.41, 5.74) is 0. The summed E-state index contributed by atoms with van der Waals surface area (Å²) in [5.74, 6) is 0.0188. The number of urea groups is 1. The van der Waals surface area contributed by atoms with Crippen molar-refractivity contribution in [2.75, 3.05) is 6.54 Å². The average Bonchev–Trinajstić information content (AvgIpc) is 2.92. The number of amides is 3. The first-order chi connectivity index (χ1) is 10.6. The number of hydrogen-bond acceptors (Lipinski definition) is 4. The van der Waals surface area contributed by atoms with Gasteiger partial charge in [-0.2, -0.15) is 0 Å². The predicted octanol–water partition coefficient (Wildman–Crippen LogP) is 2.09. The van der Waals surface area contributed by atoms with E-state index in [1.807, 2.05) is 6.92 Å². The van der Waals surface area contributed by atoms with Crippen molar-refractivity contribution in [3.8, 4) is 0 Å². The molecule has 122 valence electrons. The number of carbonyl (C=O) groups excluding carboxylic acids is 2. The summed E-state index contributed by atoms with van der Waals surface area (Å²) in [6.07, 6.45) is 7.90. The molecule has 1 heterocycles. The van der Waals surface area contributed by atoms with E-state index in [0.29, 0.717) is 25.6 Å². The molecule has 0 bridgehead atoms. The highest BCUT2D eigenvalue weighted by atomic mass is 32.1. The number of rotatable bonds is 6. The maximum Gasteiger partial charge on any atom is 0.315 e. The van der Waals surface area contributed by atoms with Crippen molar-refractivity contribution in [1.82, 2.24) is 20.9 Å². The van der Waals surface area contributed by atoms with E-state index < -0.39 is 0 Å². The fourth-order valence-corrected chi connectivity index (χ4v) is 3.29. The quantitative estimate of drug-likeness (QED) is 0.749. The molecule has 1 fully saturated rings. The summed E-state index contributed by atoms with van der Waals surface area (Å²) in [6, 6.07) is 0.0705. The summed E-state index contributed by atoms with van der Waals surface area (Å²) in [7, 11) is 0. The first-order valence-corrected chi connectivity index (χ1v) is 8.67. The molecule has 0 atom stereocenters.